The Labute approximate surface area is 319 Å². The van der Waals surface area contributed by atoms with E-state index in [1.165, 1.54) is 27.1 Å². The number of hydrogen-bond acceptors (Lipinski definition) is 12. The van der Waals surface area contributed by atoms with Crippen LogP contribution in [-0.4, -0.2) is 102 Å². The Morgan fingerprint density at radius 3 is 2.60 bits per heavy atom. The van der Waals surface area contributed by atoms with Gasteiger partial charge in [-0.05, 0) is 57.1 Å². The molecular formula is C35H34ClF3N10O5S. The molecule has 0 unspecified atom stereocenters. The smallest absolute Gasteiger partial charge is 0.416 e. The largest absolute Gasteiger partial charge is 0.504 e. The zero-order valence-electron chi connectivity index (χ0n) is 29.7. The second-order valence-corrected chi connectivity index (χ2v) is 15.2. The molecule has 0 spiro atoms. The van der Waals surface area contributed by atoms with Gasteiger partial charge in [-0.3, -0.25) is 23.9 Å². The number of rotatable bonds is 5. The molecule has 1 fully saturated rings. The van der Waals surface area contributed by atoms with E-state index in [2.05, 4.69) is 15.3 Å². The SMILES string of the molecule is Cc1ncnc(C(=O)N2CCN(c3c4n(c5nc(-c6cc7c(s6)COCC7)nn5c3=O)[C@H](C(=O)Nc3ccc(C(F)(F)F)cc3Cl)CN(C)[C@H]4C)CC2)c1O. The van der Waals surface area contributed by atoms with Crippen LogP contribution in [0.15, 0.2) is 35.4 Å². The topological polar surface area (TPSA) is 163 Å². The molecule has 55 heavy (non-hydrogen) atoms. The van der Waals surface area contributed by atoms with Crippen molar-refractivity contribution in [3.05, 3.63) is 79.1 Å². The minimum Gasteiger partial charge on any atom is -0.504 e. The van der Waals surface area contributed by atoms with Crippen LogP contribution in [0.3, 0.4) is 0 Å². The number of carbonyl (C=O) groups excluding carboxylic acids is 2. The van der Waals surface area contributed by atoms with Crippen LogP contribution in [0.25, 0.3) is 16.5 Å². The van der Waals surface area contributed by atoms with Gasteiger partial charge in [0.2, 0.25) is 11.7 Å². The standard InChI is InChI=1S/C35H34ClF3N10O5S/c1-17-29(50)26(41-16-40-17)32(52)47-9-7-46(8-10-47)28-27-18(2)45(3)14-23(31(51)42-22-5-4-20(13-21(22)36)35(37,38)39)48(27)34-43-30(44-49(34)33(28)53)24-12-19-6-11-54-15-25(19)55-24/h4-5,12-13,16,18,23,50H,6-11,14-15H2,1-3H3,(H,42,51)/t18-,23-/m0/s1. The summed E-state index contributed by atoms with van der Waals surface area (Å²) in [5.74, 6) is -0.971. The number of nitrogens with zero attached hydrogens (tertiary/aromatic N) is 9. The Morgan fingerprint density at radius 2 is 1.89 bits per heavy atom. The van der Waals surface area contributed by atoms with Gasteiger partial charge in [0.05, 0.1) is 45.8 Å². The maximum atomic E-state index is 14.7. The Hall–Kier alpha value is -5.11. The minimum atomic E-state index is -4.63. The van der Waals surface area contributed by atoms with Gasteiger partial charge in [0, 0.05) is 43.6 Å². The van der Waals surface area contributed by atoms with Crippen LogP contribution in [-0.2, 0) is 28.7 Å². The van der Waals surface area contributed by atoms with Crippen LogP contribution in [0.2, 0.25) is 5.02 Å². The Bertz CT molecular complexity index is 2400. The van der Waals surface area contributed by atoms with Crippen LogP contribution < -0.4 is 15.8 Å². The van der Waals surface area contributed by atoms with Crippen LogP contribution in [0, 0.1) is 6.92 Å². The van der Waals surface area contributed by atoms with E-state index in [9.17, 15) is 32.7 Å². The number of halogens is 4. The summed E-state index contributed by atoms with van der Waals surface area (Å²) in [5.41, 5.74) is 0.562. The molecule has 4 aromatic heterocycles. The highest BCUT2D eigenvalue weighted by atomic mass is 35.5. The summed E-state index contributed by atoms with van der Waals surface area (Å²) in [5, 5.41) is 17.6. The highest BCUT2D eigenvalue weighted by Gasteiger charge is 2.40. The fourth-order valence-electron chi connectivity index (χ4n) is 7.23. The molecule has 15 nitrogen and oxygen atoms in total. The maximum Gasteiger partial charge on any atom is 0.416 e. The molecule has 1 saturated heterocycles. The number of likely N-dealkylation sites (N-methyl/N-ethyl adjacent to an activating group) is 1. The number of ether oxygens (including phenoxy) is 1. The molecule has 8 rings (SSSR count). The summed E-state index contributed by atoms with van der Waals surface area (Å²) < 4.78 is 48.7. The second kappa shape index (κ2) is 13.9. The first kappa shape index (κ1) is 36.8. The molecule has 7 heterocycles. The minimum absolute atomic E-state index is 0.0148. The number of thiophene rings is 1. The summed E-state index contributed by atoms with van der Waals surface area (Å²) in [6, 6.07) is 3.23. The molecule has 0 aliphatic carbocycles. The number of alkyl halides is 3. The Balaban J connectivity index is 1.22. The van der Waals surface area contributed by atoms with E-state index in [1.54, 1.807) is 18.5 Å². The lowest BCUT2D eigenvalue weighted by molar-refractivity contribution is -0.137. The summed E-state index contributed by atoms with van der Waals surface area (Å²) in [6.07, 6.45) is -2.69. The molecule has 2 N–H and O–H groups in total. The second-order valence-electron chi connectivity index (χ2n) is 13.7. The van der Waals surface area contributed by atoms with E-state index in [4.69, 9.17) is 26.4 Å². The number of aromatic hydroxyl groups is 1. The summed E-state index contributed by atoms with van der Waals surface area (Å²) in [7, 11) is 1.80. The molecule has 0 bridgehead atoms. The predicted molar refractivity (Wildman–Crippen MR) is 196 cm³/mol. The lowest BCUT2D eigenvalue weighted by Gasteiger charge is -2.42. The molecule has 2 amide bonds. The maximum absolute atomic E-state index is 14.7. The number of hydrogen-bond donors (Lipinski definition) is 2. The summed E-state index contributed by atoms with van der Waals surface area (Å²) >= 11 is 7.72. The zero-order chi connectivity index (χ0) is 38.9. The monoisotopic (exact) mass is 798 g/mol. The third kappa shape index (κ3) is 6.47. The number of anilines is 2. The van der Waals surface area contributed by atoms with Crippen molar-refractivity contribution in [2.75, 3.05) is 56.6 Å². The number of amides is 2. The molecule has 1 aromatic carbocycles. The lowest BCUT2D eigenvalue weighted by atomic mass is 10.0. The summed E-state index contributed by atoms with van der Waals surface area (Å²) in [4.78, 5) is 62.2. The molecule has 2 atom stereocenters. The zero-order valence-corrected chi connectivity index (χ0v) is 31.3. The highest BCUT2D eigenvalue weighted by molar-refractivity contribution is 7.15. The fraction of sp³-hybridized carbons (Fsp3) is 0.400. The normalized spacial score (nSPS) is 19.0. The van der Waals surface area contributed by atoms with Crippen molar-refractivity contribution < 1.29 is 32.6 Å². The number of aromatic nitrogens is 6. The van der Waals surface area contributed by atoms with Crippen molar-refractivity contribution in [1.29, 1.82) is 0 Å². The van der Waals surface area contributed by atoms with Crippen molar-refractivity contribution in [2.24, 2.45) is 0 Å². The summed E-state index contributed by atoms with van der Waals surface area (Å²) in [6.45, 7) is 5.47. The average molecular weight is 799 g/mol. The van der Waals surface area contributed by atoms with Crippen molar-refractivity contribution in [2.45, 2.75) is 45.1 Å². The van der Waals surface area contributed by atoms with Crippen LogP contribution in [0.4, 0.5) is 24.5 Å². The highest BCUT2D eigenvalue weighted by Crippen LogP contribution is 2.39. The van der Waals surface area contributed by atoms with Crippen LogP contribution in [0.1, 0.15) is 56.9 Å². The van der Waals surface area contributed by atoms with Gasteiger partial charge in [0.1, 0.15) is 18.1 Å². The van der Waals surface area contributed by atoms with Crippen LogP contribution in [0.5, 0.6) is 5.75 Å². The van der Waals surface area contributed by atoms with Crippen molar-refractivity contribution in [3.8, 4) is 16.5 Å². The third-order valence-electron chi connectivity index (χ3n) is 10.3. The first-order chi connectivity index (χ1) is 26.2. The van der Waals surface area contributed by atoms with Gasteiger partial charge in [-0.15, -0.1) is 16.4 Å². The van der Waals surface area contributed by atoms with Gasteiger partial charge >= 0.3 is 6.18 Å². The molecule has 3 aliphatic heterocycles. The van der Waals surface area contributed by atoms with Gasteiger partial charge in [-0.1, -0.05) is 11.6 Å². The quantitative estimate of drug-likeness (QED) is 0.261. The molecule has 288 valence electrons. The van der Waals surface area contributed by atoms with Gasteiger partial charge in [0.15, 0.2) is 17.3 Å². The molecule has 5 aromatic rings. The number of carbonyl (C=O) groups is 2. The molecule has 0 saturated carbocycles. The predicted octanol–water partition coefficient (Wildman–Crippen LogP) is 4.32. The number of fused-ring (bicyclic) bond motifs is 4. The van der Waals surface area contributed by atoms with E-state index >= 15 is 0 Å². The number of nitrogens with one attached hydrogen (secondary N) is 1. The molecule has 3 aliphatic rings. The number of aryl methyl sites for hydroxylation is 1. The van der Waals surface area contributed by atoms with Crippen molar-refractivity contribution in [1.82, 2.24) is 38.9 Å². The van der Waals surface area contributed by atoms with Crippen molar-refractivity contribution in [3.63, 3.8) is 0 Å². The number of benzene rings is 1. The van der Waals surface area contributed by atoms with E-state index in [0.29, 0.717) is 18.9 Å². The average Bonchev–Trinajstić information content (AvgIpc) is 3.80. The number of piperazine rings is 1. The van der Waals surface area contributed by atoms with Gasteiger partial charge in [0.25, 0.3) is 11.5 Å². The third-order valence-corrected chi connectivity index (χ3v) is 11.8. The lowest BCUT2D eigenvalue weighted by Crippen LogP contribution is -2.52. The van der Waals surface area contributed by atoms with Crippen LogP contribution >= 0.6 is 22.9 Å². The molecular weight excluding hydrogens is 765 g/mol. The van der Waals surface area contributed by atoms with Crippen molar-refractivity contribution >= 4 is 51.9 Å². The van der Waals surface area contributed by atoms with E-state index in [0.717, 1.165) is 39.9 Å². The first-order valence-corrected chi connectivity index (χ1v) is 18.6. The van der Waals surface area contributed by atoms with Gasteiger partial charge in [-0.2, -0.15) is 22.7 Å². The molecule has 0 radical (unpaired) electrons. The first-order valence-electron chi connectivity index (χ1n) is 17.4. The Morgan fingerprint density at radius 1 is 1.13 bits per heavy atom. The van der Waals surface area contributed by atoms with E-state index in [-0.39, 0.29) is 77.9 Å². The van der Waals surface area contributed by atoms with E-state index in [1.807, 2.05) is 22.8 Å². The Kier molecular flexibility index (Phi) is 9.30. The van der Waals surface area contributed by atoms with Gasteiger partial charge < -0.3 is 25.0 Å². The van der Waals surface area contributed by atoms with Gasteiger partial charge in [-0.25, -0.2) is 9.97 Å². The fourth-order valence-corrected chi connectivity index (χ4v) is 8.54. The van der Waals surface area contributed by atoms with E-state index < -0.39 is 41.2 Å². The molecule has 20 heteroatoms.